The van der Waals surface area contributed by atoms with Gasteiger partial charge in [0.25, 0.3) is 5.91 Å². The minimum atomic E-state index is -3.54. The summed E-state index contributed by atoms with van der Waals surface area (Å²) in [4.78, 5) is 23.9. The van der Waals surface area contributed by atoms with Crippen LogP contribution in [0.5, 0.6) is 0 Å². The smallest absolute Gasteiger partial charge is 0.331 e. The molecule has 29 heavy (non-hydrogen) atoms. The van der Waals surface area contributed by atoms with Gasteiger partial charge < -0.3 is 10.5 Å². The van der Waals surface area contributed by atoms with Crippen LogP contribution >= 0.6 is 0 Å². The molecular formula is C21H24N2O5S. The lowest BCUT2D eigenvalue weighted by Crippen LogP contribution is -2.30. The van der Waals surface area contributed by atoms with Crippen molar-refractivity contribution in [1.82, 2.24) is 4.31 Å². The number of carbonyl (C=O) groups excluding carboxylic acids is 2. The molecule has 0 aliphatic carbocycles. The Kier molecular flexibility index (Phi) is 7.69. The van der Waals surface area contributed by atoms with Crippen LogP contribution in [-0.4, -0.2) is 37.7 Å². The highest BCUT2D eigenvalue weighted by molar-refractivity contribution is 7.89. The van der Waals surface area contributed by atoms with E-state index in [2.05, 4.69) is 0 Å². The monoisotopic (exact) mass is 416 g/mol. The maximum absolute atomic E-state index is 12.5. The van der Waals surface area contributed by atoms with Crippen LogP contribution in [0.1, 0.15) is 31.1 Å². The lowest BCUT2D eigenvalue weighted by molar-refractivity contribution is -0.150. The van der Waals surface area contributed by atoms with Crippen molar-refractivity contribution in [1.29, 1.82) is 0 Å². The summed E-state index contributed by atoms with van der Waals surface area (Å²) in [6, 6.07) is 14.6. The van der Waals surface area contributed by atoms with E-state index in [4.69, 9.17) is 10.5 Å². The molecular weight excluding hydrogens is 392 g/mol. The first-order valence-electron chi connectivity index (χ1n) is 9.12. The number of hydrogen-bond acceptors (Lipinski definition) is 5. The Bertz CT molecular complexity index is 966. The number of hydrogen-bond donors (Lipinski definition) is 1. The predicted molar refractivity (Wildman–Crippen MR) is 110 cm³/mol. The summed E-state index contributed by atoms with van der Waals surface area (Å²) in [6.07, 6.45) is 1.45. The van der Waals surface area contributed by atoms with Crippen LogP contribution in [0.3, 0.4) is 0 Å². The molecule has 1 amide bonds. The SMILES string of the molecule is CCN(CC)S(=O)(=O)c1ccc(/C=C/C(=O)OC(C(N)=O)c2ccccc2)cc1. The summed E-state index contributed by atoms with van der Waals surface area (Å²) in [6.45, 7) is 4.32. The number of esters is 1. The first-order valence-corrected chi connectivity index (χ1v) is 10.6. The molecule has 0 radical (unpaired) electrons. The Morgan fingerprint density at radius 2 is 1.62 bits per heavy atom. The van der Waals surface area contributed by atoms with Crippen molar-refractivity contribution in [3.63, 3.8) is 0 Å². The Morgan fingerprint density at radius 3 is 2.14 bits per heavy atom. The van der Waals surface area contributed by atoms with Crippen LogP contribution < -0.4 is 5.73 Å². The molecule has 2 rings (SSSR count). The fourth-order valence-electron chi connectivity index (χ4n) is 2.70. The molecule has 2 aromatic rings. The fraction of sp³-hybridized carbons (Fsp3) is 0.238. The molecule has 7 nitrogen and oxygen atoms in total. The molecule has 0 bridgehead atoms. The second kappa shape index (κ2) is 9.99. The number of ether oxygens (including phenoxy) is 1. The van der Waals surface area contributed by atoms with Gasteiger partial charge in [-0.3, -0.25) is 4.79 Å². The number of nitrogens with two attached hydrogens (primary N) is 1. The van der Waals surface area contributed by atoms with E-state index in [9.17, 15) is 18.0 Å². The van der Waals surface area contributed by atoms with E-state index in [-0.39, 0.29) is 4.90 Å². The molecule has 0 aliphatic heterocycles. The van der Waals surface area contributed by atoms with Gasteiger partial charge in [-0.15, -0.1) is 0 Å². The topological polar surface area (TPSA) is 107 Å². The van der Waals surface area contributed by atoms with Crippen LogP contribution in [-0.2, 0) is 24.3 Å². The maximum Gasteiger partial charge on any atom is 0.331 e. The van der Waals surface area contributed by atoms with E-state index in [1.165, 1.54) is 22.5 Å². The second-order valence-electron chi connectivity index (χ2n) is 6.12. The lowest BCUT2D eigenvalue weighted by atomic mass is 10.1. The van der Waals surface area contributed by atoms with Gasteiger partial charge in [-0.05, 0) is 23.8 Å². The van der Waals surface area contributed by atoms with Crippen LogP contribution in [0.4, 0.5) is 0 Å². The summed E-state index contributed by atoms with van der Waals surface area (Å²) in [5, 5.41) is 0. The lowest BCUT2D eigenvalue weighted by Gasteiger charge is -2.18. The van der Waals surface area contributed by atoms with Crippen molar-refractivity contribution < 1.29 is 22.7 Å². The van der Waals surface area contributed by atoms with Crippen LogP contribution in [0.25, 0.3) is 6.08 Å². The van der Waals surface area contributed by atoms with Gasteiger partial charge in [0, 0.05) is 24.7 Å². The molecule has 1 atom stereocenters. The van der Waals surface area contributed by atoms with E-state index in [1.807, 2.05) is 0 Å². The van der Waals surface area contributed by atoms with Gasteiger partial charge in [0.15, 0.2) is 0 Å². The van der Waals surface area contributed by atoms with Gasteiger partial charge in [0.05, 0.1) is 4.90 Å². The van der Waals surface area contributed by atoms with Crippen molar-refractivity contribution >= 4 is 28.0 Å². The molecule has 0 saturated carbocycles. The van der Waals surface area contributed by atoms with E-state index in [1.54, 1.807) is 56.3 Å². The standard InChI is InChI=1S/C21H24N2O5S/c1-3-23(4-2)29(26,27)18-13-10-16(11-14-18)12-15-19(24)28-20(21(22)25)17-8-6-5-7-9-17/h5-15,20H,3-4H2,1-2H3,(H2,22,25)/b15-12+. The summed E-state index contributed by atoms with van der Waals surface area (Å²) < 4.78 is 31.5. The highest BCUT2D eigenvalue weighted by atomic mass is 32.2. The molecule has 0 aromatic heterocycles. The molecule has 154 valence electrons. The van der Waals surface area contributed by atoms with E-state index in [0.29, 0.717) is 24.2 Å². The first-order chi connectivity index (χ1) is 13.8. The molecule has 2 N–H and O–H groups in total. The number of amides is 1. The van der Waals surface area contributed by atoms with Crippen molar-refractivity contribution in [3.8, 4) is 0 Å². The molecule has 0 fully saturated rings. The van der Waals surface area contributed by atoms with E-state index >= 15 is 0 Å². The van der Waals surface area contributed by atoms with Gasteiger partial charge in [-0.1, -0.05) is 56.3 Å². The van der Waals surface area contributed by atoms with Crippen LogP contribution in [0.2, 0.25) is 0 Å². The maximum atomic E-state index is 12.5. The minimum Gasteiger partial charge on any atom is -0.444 e. The molecule has 8 heteroatoms. The normalized spacial score (nSPS) is 12.8. The van der Waals surface area contributed by atoms with Gasteiger partial charge in [0.2, 0.25) is 16.1 Å². The Labute approximate surface area is 170 Å². The molecule has 2 aromatic carbocycles. The summed E-state index contributed by atoms with van der Waals surface area (Å²) in [7, 11) is -3.54. The zero-order valence-electron chi connectivity index (χ0n) is 16.3. The second-order valence-corrected chi connectivity index (χ2v) is 8.06. The third-order valence-electron chi connectivity index (χ3n) is 4.23. The largest absolute Gasteiger partial charge is 0.444 e. The highest BCUT2D eigenvalue weighted by Gasteiger charge is 2.22. The molecule has 0 saturated heterocycles. The Balaban J connectivity index is 2.09. The third kappa shape index (κ3) is 5.75. The van der Waals surface area contributed by atoms with Crippen LogP contribution in [0.15, 0.2) is 65.6 Å². The van der Waals surface area contributed by atoms with Crippen molar-refractivity contribution in [2.45, 2.75) is 24.8 Å². The molecule has 0 spiro atoms. The number of primary amides is 1. The van der Waals surface area contributed by atoms with Crippen molar-refractivity contribution in [3.05, 3.63) is 71.8 Å². The number of sulfonamides is 1. The van der Waals surface area contributed by atoms with Crippen molar-refractivity contribution in [2.75, 3.05) is 13.1 Å². The quantitative estimate of drug-likeness (QED) is 0.499. The summed E-state index contributed by atoms with van der Waals surface area (Å²) >= 11 is 0. The zero-order valence-corrected chi connectivity index (χ0v) is 17.1. The Morgan fingerprint density at radius 1 is 1.03 bits per heavy atom. The van der Waals surface area contributed by atoms with Gasteiger partial charge in [-0.25, -0.2) is 13.2 Å². The average Bonchev–Trinajstić information content (AvgIpc) is 2.72. The number of carbonyl (C=O) groups is 2. The number of nitrogens with zero attached hydrogens (tertiary/aromatic N) is 1. The summed E-state index contributed by atoms with van der Waals surface area (Å²) in [5.41, 5.74) is 6.41. The van der Waals surface area contributed by atoms with E-state index in [0.717, 1.165) is 6.08 Å². The molecule has 1 unspecified atom stereocenters. The van der Waals surface area contributed by atoms with Gasteiger partial charge in [0.1, 0.15) is 0 Å². The predicted octanol–water partition coefficient (Wildman–Crippen LogP) is 2.50. The third-order valence-corrected chi connectivity index (χ3v) is 6.29. The summed E-state index contributed by atoms with van der Waals surface area (Å²) in [5.74, 6) is -1.51. The minimum absolute atomic E-state index is 0.179. The highest BCUT2D eigenvalue weighted by Crippen LogP contribution is 2.19. The van der Waals surface area contributed by atoms with Gasteiger partial charge >= 0.3 is 5.97 Å². The molecule has 0 heterocycles. The fourth-order valence-corrected chi connectivity index (χ4v) is 4.16. The first kappa shape index (κ1) is 22.3. The zero-order chi connectivity index (χ0) is 21.4. The number of benzene rings is 2. The average molecular weight is 416 g/mol. The van der Waals surface area contributed by atoms with Gasteiger partial charge in [-0.2, -0.15) is 4.31 Å². The van der Waals surface area contributed by atoms with E-state index < -0.39 is 28.0 Å². The van der Waals surface area contributed by atoms with Crippen LogP contribution in [0, 0.1) is 0 Å². The number of rotatable bonds is 9. The molecule has 0 aliphatic rings. The Hall–Kier alpha value is -2.97. The van der Waals surface area contributed by atoms with Crippen molar-refractivity contribution in [2.24, 2.45) is 5.73 Å².